The first-order valence-corrected chi connectivity index (χ1v) is 11.2. The Morgan fingerprint density at radius 2 is 1.78 bits per heavy atom. The van der Waals surface area contributed by atoms with Crippen molar-refractivity contribution in [1.82, 2.24) is 0 Å². The van der Waals surface area contributed by atoms with E-state index in [2.05, 4.69) is 20.8 Å². The number of Topliss-reactive ketones (excluding diaryl/α,β-unsaturated/α-hetero) is 1. The van der Waals surface area contributed by atoms with Gasteiger partial charge in [0.25, 0.3) is 5.91 Å². The Balaban J connectivity index is 2.12. The minimum Gasteiger partial charge on any atom is -0.503 e. The van der Waals surface area contributed by atoms with Gasteiger partial charge in [0.2, 0.25) is 0 Å². The predicted molar refractivity (Wildman–Crippen MR) is 127 cm³/mol. The third-order valence-corrected chi connectivity index (χ3v) is 5.66. The molecule has 0 bridgehead atoms. The molecule has 1 unspecified atom stereocenters. The Morgan fingerprint density at radius 3 is 2.34 bits per heavy atom. The van der Waals surface area contributed by atoms with Gasteiger partial charge in [-0.05, 0) is 35.1 Å². The zero-order chi connectivity index (χ0) is 23.6. The average Bonchev–Trinajstić information content (AvgIpc) is 3.02. The van der Waals surface area contributed by atoms with Crippen molar-refractivity contribution in [1.29, 1.82) is 0 Å². The normalized spacial score (nSPS) is 16.8. The molecule has 2 aromatic carbocycles. The number of carbonyl (C=O) groups excluding carboxylic acids is 2. The zero-order valence-corrected chi connectivity index (χ0v) is 19.8. The molecule has 0 radical (unpaired) electrons. The average molecular weight is 436 g/mol. The lowest BCUT2D eigenvalue weighted by Crippen LogP contribution is -2.31. The van der Waals surface area contributed by atoms with Crippen molar-refractivity contribution in [2.24, 2.45) is 5.92 Å². The lowest BCUT2D eigenvalue weighted by molar-refractivity contribution is -0.119. The van der Waals surface area contributed by atoms with Crippen molar-refractivity contribution in [2.75, 3.05) is 11.5 Å². The van der Waals surface area contributed by atoms with Gasteiger partial charge < -0.3 is 9.84 Å². The van der Waals surface area contributed by atoms with E-state index in [4.69, 9.17) is 4.74 Å². The van der Waals surface area contributed by atoms with Gasteiger partial charge in [-0.1, -0.05) is 71.9 Å². The number of rotatable bonds is 7. The summed E-state index contributed by atoms with van der Waals surface area (Å²) in [7, 11) is 0. The van der Waals surface area contributed by atoms with Crippen molar-refractivity contribution in [2.45, 2.75) is 59.4 Å². The lowest BCUT2D eigenvalue weighted by atomic mass is 9.85. The van der Waals surface area contributed by atoms with E-state index in [9.17, 15) is 14.7 Å². The number of hydrogen-bond donors (Lipinski definition) is 1. The Labute approximate surface area is 190 Å². The molecule has 0 fully saturated rings. The van der Waals surface area contributed by atoms with E-state index < -0.39 is 17.7 Å². The number of anilines is 1. The Morgan fingerprint density at radius 1 is 1.12 bits per heavy atom. The number of ketones is 1. The molecule has 1 N–H and O–H groups in total. The van der Waals surface area contributed by atoms with Crippen molar-refractivity contribution in [3.05, 3.63) is 71.0 Å². The van der Waals surface area contributed by atoms with E-state index in [1.54, 1.807) is 26.0 Å². The van der Waals surface area contributed by atoms with Crippen molar-refractivity contribution >= 4 is 17.4 Å². The van der Waals surface area contributed by atoms with E-state index in [0.29, 0.717) is 18.0 Å². The molecule has 0 saturated heterocycles. The number of amides is 1. The lowest BCUT2D eigenvalue weighted by Gasteiger charge is -2.28. The highest BCUT2D eigenvalue weighted by atomic mass is 16.5. The molecule has 32 heavy (non-hydrogen) atoms. The fourth-order valence-corrected chi connectivity index (χ4v) is 3.86. The molecule has 1 aliphatic heterocycles. The van der Waals surface area contributed by atoms with E-state index in [1.165, 1.54) is 4.90 Å². The van der Waals surface area contributed by atoms with Crippen LogP contribution in [0.15, 0.2) is 59.9 Å². The highest BCUT2D eigenvalue weighted by molar-refractivity contribution is 6.16. The molecule has 0 aliphatic carbocycles. The van der Waals surface area contributed by atoms with Gasteiger partial charge in [0, 0.05) is 17.7 Å². The summed E-state index contributed by atoms with van der Waals surface area (Å²) >= 11 is 0. The third-order valence-electron chi connectivity index (χ3n) is 5.66. The third kappa shape index (κ3) is 4.57. The van der Waals surface area contributed by atoms with Gasteiger partial charge in [-0.15, -0.1) is 0 Å². The first-order valence-electron chi connectivity index (χ1n) is 11.2. The number of benzene rings is 2. The van der Waals surface area contributed by atoms with E-state index >= 15 is 0 Å². The molecule has 3 rings (SSSR count). The van der Waals surface area contributed by atoms with Crippen LogP contribution in [0, 0.1) is 5.92 Å². The second kappa shape index (κ2) is 9.19. The number of aliphatic hydroxyl groups is 1. The van der Waals surface area contributed by atoms with Crippen LogP contribution in [0.1, 0.15) is 65.1 Å². The molecule has 5 nitrogen and oxygen atoms in total. The monoisotopic (exact) mass is 435 g/mol. The van der Waals surface area contributed by atoms with Gasteiger partial charge >= 0.3 is 0 Å². The number of hydrogen-bond acceptors (Lipinski definition) is 4. The summed E-state index contributed by atoms with van der Waals surface area (Å²) in [5, 5.41) is 10.8. The summed E-state index contributed by atoms with van der Waals surface area (Å²) in [6.45, 7) is 12.5. The van der Waals surface area contributed by atoms with Crippen LogP contribution >= 0.6 is 0 Å². The molecule has 1 amide bonds. The molecule has 0 aromatic heterocycles. The Kier molecular flexibility index (Phi) is 6.77. The largest absolute Gasteiger partial charge is 0.503 e. The molecule has 1 heterocycles. The Hall–Kier alpha value is -3.08. The first kappa shape index (κ1) is 23.6. The summed E-state index contributed by atoms with van der Waals surface area (Å²) < 4.78 is 5.74. The number of aliphatic hydroxyl groups excluding tert-OH is 1. The standard InChI is InChI=1S/C27H33NO4/c1-7-15-32-21-10-8-9-20(16-21)28-23(18-11-13-19(14-12-18)27(4,5)6)22(24(29)17(2)3)25(30)26(28)31/h8-14,16-17,23,30H,7,15H2,1-6H3. The van der Waals surface area contributed by atoms with Crippen LogP contribution in [0.5, 0.6) is 5.75 Å². The maximum absolute atomic E-state index is 13.2. The first-order chi connectivity index (χ1) is 15.1. The molecule has 0 spiro atoms. The number of carbonyl (C=O) groups is 2. The SMILES string of the molecule is CCCOc1cccc(N2C(=O)C(O)=C(C(=O)C(C)C)C2c2ccc(C(C)(C)C)cc2)c1. The van der Waals surface area contributed by atoms with Gasteiger partial charge in [-0.25, -0.2) is 0 Å². The zero-order valence-electron chi connectivity index (χ0n) is 19.8. The molecule has 170 valence electrons. The second-order valence-corrected chi connectivity index (χ2v) is 9.58. The molecule has 2 aromatic rings. The van der Waals surface area contributed by atoms with Crippen LogP contribution in [0.25, 0.3) is 0 Å². The summed E-state index contributed by atoms with van der Waals surface area (Å²) in [6.07, 6.45) is 0.866. The van der Waals surface area contributed by atoms with Crippen molar-refractivity contribution in [3.63, 3.8) is 0 Å². The fourth-order valence-electron chi connectivity index (χ4n) is 3.86. The van der Waals surface area contributed by atoms with Crippen LogP contribution in [0.3, 0.4) is 0 Å². The molecule has 1 aliphatic rings. The summed E-state index contributed by atoms with van der Waals surface area (Å²) in [5.74, 6) is -1.00. The molecule has 5 heteroatoms. The van der Waals surface area contributed by atoms with E-state index in [0.717, 1.165) is 17.5 Å². The molecular weight excluding hydrogens is 402 g/mol. The smallest absolute Gasteiger partial charge is 0.294 e. The van der Waals surface area contributed by atoms with Gasteiger partial charge in [0.15, 0.2) is 11.5 Å². The summed E-state index contributed by atoms with van der Waals surface area (Å²) in [6, 6.07) is 14.4. The van der Waals surface area contributed by atoms with Crippen LogP contribution < -0.4 is 9.64 Å². The maximum Gasteiger partial charge on any atom is 0.294 e. The van der Waals surface area contributed by atoms with E-state index in [1.807, 2.05) is 43.3 Å². The maximum atomic E-state index is 13.2. The van der Waals surface area contributed by atoms with Crippen molar-refractivity contribution < 1.29 is 19.4 Å². The second-order valence-electron chi connectivity index (χ2n) is 9.58. The van der Waals surface area contributed by atoms with Crippen LogP contribution in [-0.4, -0.2) is 23.4 Å². The van der Waals surface area contributed by atoms with Gasteiger partial charge in [0.1, 0.15) is 5.75 Å². The quantitative estimate of drug-likeness (QED) is 0.588. The topological polar surface area (TPSA) is 66.8 Å². The minimum atomic E-state index is -0.701. The van der Waals surface area contributed by atoms with Crippen LogP contribution in [0.4, 0.5) is 5.69 Å². The summed E-state index contributed by atoms with van der Waals surface area (Å²) in [4.78, 5) is 27.8. The van der Waals surface area contributed by atoms with E-state index in [-0.39, 0.29) is 22.7 Å². The summed E-state index contributed by atoms with van der Waals surface area (Å²) in [5.41, 5.74) is 2.62. The van der Waals surface area contributed by atoms with Crippen LogP contribution in [-0.2, 0) is 15.0 Å². The van der Waals surface area contributed by atoms with Gasteiger partial charge in [0.05, 0.1) is 18.2 Å². The number of ether oxygens (including phenoxy) is 1. The predicted octanol–water partition coefficient (Wildman–Crippen LogP) is 5.90. The molecular formula is C27H33NO4. The highest BCUT2D eigenvalue weighted by Crippen LogP contribution is 2.42. The Bertz CT molecular complexity index is 1030. The van der Waals surface area contributed by atoms with Crippen molar-refractivity contribution in [3.8, 4) is 5.75 Å². The molecule has 1 atom stereocenters. The number of nitrogens with zero attached hydrogens (tertiary/aromatic N) is 1. The fraction of sp³-hybridized carbons (Fsp3) is 0.407. The molecule has 0 saturated carbocycles. The van der Waals surface area contributed by atoms with Gasteiger partial charge in [-0.2, -0.15) is 0 Å². The highest BCUT2D eigenvalue weighted by Gasteiger charge is 2.44. The van der Waals surface area contributed by atoms with Gasteiger partial charge in [-0.3, -0.25) is 14.5 Å². The van der Waals surface area contributed by atoms with Crippen LogP contribution in [0.2, 0.25) is 0 Å². The minimum absolute atomic E-state index is 0.0246.